The van der Waals surface area contributed by atoms with E-state index in [1.807, 2.05) is 0 Å². The molecule has 0 aromatic heterocycles. The molecule has 2 aromatic carbocycles. The first-order valence-electron chi connectivity index (χ1n) is 7.36. The first-order valence-corrected chi connectivity index (χ1v) is 7.36. The van der Waals surface area contributed by atoms with E-state index >= 15 is 0 Å². The second-order valence-electron chi connectivity index (χ2n) is 5.95. The van der Waals surface area contributed by atoms with E-state index in [-0.39, 0.29) is 18.0 Å². The van der Waals surface area contributed by atoms with Crippen molar-refractivity contribution in [3.63, 3.8) is 0 Å². The van der Waals surface area contributed by atoms with Crippen molar-refractivity contribution in [3.8, 4) is 5.75 Å². The molecule has 1 aliphatic rings. The van der Waals surface area contributed by atoms with Gasteiger partial charge in [0, 0.05) is 24.1 Å². The molecule has 2 atom stereocenters. The molecule has 1 heterocycles. The van der Waals surface area contributed by atoms with Crippen molar-refractivity contribution in [2.24, 2.45) is 5.73 Å². The number of benzene rings is 2. The second kappa shape index (κ2) is 5.49. The van der Waals surface area contributed by atoms with E-state index in [0.717, 1.165) is 11.1 Å². The van der Waals surface area contributed by atoms with Crippen LogP contribution in [0.15, 0.2) is 42.5 Å². The number of nitrogens with two attached hydrogens (primary N) is 1. The van der Waals surface area contributed by atoms with Gasteiger partial charge in [0.2, 0.25) is 0 Å². The normalized spacial score (nSPS) is 21.0. The summed E-state index contributed by atoms with van der Waals surface area (Å²) in [6.45, 7) is 4.34. The van der Waals surface area contributed by atoms with Gasteiger partial charge in [0.1, 0.15) is 17.7 Å². The molecule has 0 saturated heterocycles. The van der Waals surface area contributed by atoms with Crippen LogP contribution < -0.4 is 10.5 Å². The highest BCUT2D eigenvalue weighted by Gasteiger charge is 2.27. The van der Waals surface area contributed by atoms with Crippen LogP contribution in [0.2, 0.25) is 0 Å². The monoisotopic (exact) mass is 285 g/mol. The first-order chi connectivity index (χ1) is 10.0. The summed E-state index contributed by atoms with van der Waals surface area (Å²) in [4.78, 5) is 0. The van der Waals surface area contributed by atoms with Crippen LogP contribution in [0.4, 0.5) is 4.39 Å². The summed E-state index contributed by atoms with van der Waals surface area (Å²) >= 11 is 0. The minimum atomic E-state index is -0.295. The van der Waals surface area contributed by atoms with E-state index in [4.69, 9.17) is 10.5 Å². The van der Waals surface area contributed by atoms with Gasteiger partial charge >= 0.3 is 0 Å². The number of halogens is 1. The Hall–Kier alpha value is -1.87. The zero-order valence-electron chi connectivity index (χ0n) is 12.3. The summed E-state index contributed by atoms with van der Waals surface area (Å²) in [6.07, 6.45) is 0.593. The molecule has 0 amide bonds. The fraction of sp³-hybridized carbons (Fsp3) is 0.333. The fourth-order valence-corrected chi connectivity index (χ4v) is 2.78. The van der Waals surface area contributed by atoms with Crippen molar-refractivity contribution in [3.05, 3.63) is 65.0 Å². The average Bonchev–Trinajstić information content (AvgIpc) is 2.46. The molecule has 0 aliphatic carbocycles. The van der Waals surface area contributed by atoms with E-state index in [1.165, 1.54) is 17.7 Å². The van der Waals surface area contributed by atoms with Crippen LogP contribution in [0.1, 0.15) is 55.0 Å². The van der Waals surface area contributed by atoms with Crippen LogP contribution in [-0.4, -0.2) is 0 Å². The van der Waals surface area contributed by atoms with Crippen molar-refractivity contribution in [2.45, 2.75) is 38.3 Å². The maximum atomic E-state index is 13.4. The lowest BCUT2D eigenvalue weighted by Crippen LogP contribution is -2.24. The largest absolute Gasteiger partial charge is 0.485 e. The maximum absolute atomic E-state index is 13.4. The van der Waals surface area contributed by atoms with Gasteiger partial charge in [0.25, 0.3) is 0 Å². The maximum Gasteiger partial charge on any atom is 0.127 e. The van der Waals surface area contributed by atoms with E-state index < -0.39 is 0 Å². The van der Waals surface area contributed by atoms with Gasteiger partial charge in [0.15, 0.2) is 0 Å². The van der Waals surface area contributed by atoms with E-state index in [9.17, 15) is 4.39 Å². The molecular formula is C18H20FNO. The Kier molecular flexibility index (Phi) is 3.68. The van der Waals surface area contributed by atoms with Crippen molar-refractivity contribution in [1.82, 2.24) is 0 Å². The number of hydrogen-bond donors (Lipinski definition) is 1. The molecule has 3 heteroatoms. The SMILES string of the molecule is CC(C)c1ccc(C2C[C@H](N)c3ccc(F)cc3O2)cc1. The van der Waals surface area contributed by atoms with Gasteiger partial charge in [-0.3, -0.25) is 0 Å². The molecule has 2 nitrogen and oxygen atoms in total. The number of rotatable bonds is 2. The predicted octanol–water partition coefficient (Wildman–Crippen LogP) is 4.47. The highest BCUT2D eigenvalue weighted by Crippen LogP contribution is 2.40. The van der Waals surface area contributed by atoms with Crippen LogP contribution in [0.25, 0.3) is 0 Å². The summed E-state index contributed by atoms with van der Waals surface area (Å²) in [5, 5.41) is 0. The lowest BCUT2D eigenvalue weighted by atomic mass is 9.92. The third-order valence-electron chi connectivity index (χ3n) is 4.09. The first kappa shape index (κ1) is 14.1. The average molecular weight is 285 g/mol. The Morgan fingerprint density at radius 2 is 1.86 bits per heavy atom. The van der Waals surface area contributed by atoms with E-state index in [2.05, 4.69) is 38.1 Å². The fourth-order valence-electron chi connectivity index (χ4n) is 2.78. The Bertz CT molecular complexity index is 636. The Balaban J connectivity index is 1.88. The van der Waals surface area contributed by atoms with Crippen molar-refractivity contribution < 1.29 is 9.13 Å². The summed E-state index contributed by atoms with van der Waals surface area (Å²) in [6, 6.07) is 12.8. The minimum Gasteiger partial charge on any atom is -0.485 e. The molecular weight excluding hydrogens is 265 g/mol. The van der Waals surface area contributed by atoms with Gasteiger partial charge in [-0.05, 0) is 23.1 Å². The van der Waals surface area contributed by atoms with Crippen molar-refractivity contribution in [1.29, 1.82) is 0 Å². The van der Waals surface area contributed by atoms with Gasteiger partial charge in [-0.1, -0.05) is 44.2 Å². The van der Waals surface area contributed by atoms with Gasteiger partial charge < -0.3 is 10.5 Å². The van der Waals surface area contributed by atoms with Gasteiger partial charge in [0.05, 0.1) is 0 Å². The van der Waals surface area contributed by atoms with Gasteiger partial charge in [-0.25, -0.2) is 4.39 Å². The van der Waals surface area contributed by atoms with E-state index in [1.54, 1.807) is 6.07 Å². The summed E-state index contributed by atoms with van der Waals surface area (Å²) < 4.78 is 19.3. The highest BCUT2D eigenvalue weighted by molar-refractivity contribution is 5.40. The molecule has 0 fully saturated rings. The Morgan fingerprint density at radius 1 is 1.14 bits per heavy atom. The minimum absolute atomic E-state index is 0.115. The predicted molar refractivity (Wildman–Crippen MR) is 81.8 cm³/mol. The lowest BCUT2D eigenvalue weighted by Gasteiger charge is -2.30. The Labute approximate surface area is 124 Å². The van der Waals surface area contributed by atoms with Crippen LogP contribution in [0.5, 0.6) is 5.75 Å². The smallest absolute Gasteiger partial charge is 0.127 e. The molecule has 1 unspecified atom stereocenters. The zero-order valence-corrected chi connectivity index (χ0v) is 12.3. The highest BCUT2D eigenvalue weighted by atomic mass is 19.1. The van der Waals surface area contributed by atoms with Crippen LogP contribution in [0, 0.1) is 5.82 Å². The second-order valence-corrected chi connectivity index (χ2v) is 5.95. The third kappa shape index (κ3) is 2.79. The van der Waals surface area contributed by atoms with Crippen LogP contribution in [-0.2, 0) is 0 Å². The molecule has 2 N–H and O–H groups in total. The molecule has 0 bridgehead atoms. The van der Waals surface area contributed by atoms with E-state index in [0.29, 0.717) is 18.1 Å². The molecule has 2 aromatic rings. The number of hydrogen-bond acceptors (Lipinski definition) is 2. The standard InChI is InChI=1S/C18H20FNO/c1-11(2)12-3-5-13(6-4-12)17-10-16(20)15-8-7-14(19)9-18(15)21-17/h3-9,11,16-17H,10,20H2,1-2H3/t16-,17?/m0/s1. The topological polar surface area (TPSA) is 35.2 Å². The lowest BCUT2D eigenvalue weighted by molar-refractivity contribution is 0.160. The molecule has 0 radical (unpaired) electrons. The number of fused-ring (bicyclic) bond motifs is 1. The van der Waals surface area contributed by atoms with Crippen LogP contribution >= 0.6 is 0 Å². The molecule has 1 aliphatic heterocycles. The van der Waals surface area contributed by atoms with Gasteiger partial charge in [-0.2, -0.15) is 0 Å². The molecule has 3 rings (SSSR count). The van der Waals surface area contributed by atoms with Crippen molar-refractivity contribution >= 4 is 0 Å². The summed E-state index contributed by atoms with van der Waals surface area (Å²) in [7, 11) is 0. The van der Waals surface area contributed by atoms with Gasteiger partial charge in [-0.15, -0.1) is 0 Å². The van der Waals surface area contributed by atoms with Crippen molar-refractivity contribution in [2.75, 3.05) is 0 Å². The number of ether oxygens (including phenoxy) is 1. The Morgan fingerprint density at radius 3 is 2.52 bits per heavy atom. The molecule has 0 spiro atoms. The summed E-state index contributed by atoms with van der Waals surface area (Å²) in [5.41, 5.74) is 9.47. The molecule has 0 saturated carbocycles. The summed E-state index contributed by atoms with van der Waals surface area (Å²) in [5.74, 6) is 0.770. The van der Waals surface area contributed by atoms with Crippen LogP contribution in [0.3, 0.4) is 0 Å². The third-order valence-corrected chi connectivity index (χ3v) is 4.09. The molecule has 110 valence electrons. The zero-order chi connectivity index (χ0) is 15.0. The molecule has 21 heavy (non-hydrogen) atoms. The quantitative estimate of drug-likeness (QED) is 0.883.